The summed E-state index contributed by atoms with van der Waals surface area (Å²) in [6.07, 6.45) is 0.0588. The highest BCUT2D eigenvalue weighted by molar-refractivity contribution is 6.32. The smallest absolute Gasteiger partial charge is 0.137 e. The average molecular weight is 298 g/mol. The van der Waals surface area contributed by atoms with Gasteiger partial charge in [0.15, 0.2) is 0 Å². The van der Waals surface area contributed by atoms with Crippen LogP contribution < -0.4 is 10.5 Å². The Morgan fingerprint density at radius 2 is 1.85 bits per heavy atom. The lowest BCUT2D eigenvalue weighted by molar-refractivity contribution is 0.414. The summed E-state index contributed by atoms with van der Waals surface area (Å²) in [5.74, 6) is -0.712. The highest BCUT2D eigenvalue weighted by Crippen LogP contribution is 2.29. The Kier molecular flexibility index (Phi) is 4.57. The average Bonchev–Trinajstić information content (AvgIpc) is 2.43. The van der Waals surface area contributed by atoms with E-state index in [1.807, 2.05) is 0 Å². The Morgan fingerprint density at radius 1 is 1.20 bits per heavy atom. The normalized spacial score (nSPS) is 12.2. The lowest BCUT2D eigenvalue weighted by atomic mass is 9.99. The molecule has 106 valence electrons. The molecule has 2 N–H and O–H groups in total. The van der Waals surface area contributed by atoms with Crippen molar-refractivity contribution in [3.8, 4) is 5.75 Å². The highest BCUT2D eigenvalue weighted by atomic mass is 35.5. The standard InChI is InChI=1S/C15H14ClF2NO/c1-20-15-7-9(5-6-11(15)16)14(19)8-10-12(17)3-2-4-13(10)18/h2-7,14H,8,19H2,1H3. The van der Waals surface area contributed by atoms with Crippen LogP contribution in [0.3, 0.4) is 0 Å². The molecule has 0 saturated carbocycles. The lowest BCUT2D eigenvalue weighted by Crippen LogP contribution is -2.15. The van der Waals surface area contributed by atoms with Crippen molar-refractivity contribution >= 4 is 11.6 Å². The van der Waals surface area contributed by atoms with E-state index < -0.39 is 17.7 Å². The molecule has 0 saturated heterocycles. The maximum atomic E-state index is 13.6. The molecular weight excluding hydrogens is 284 g/mol. The highest BCUT2D eigenvalue weighted by Gasteiger charge is 2.15. The van der Waals surface area contributed by atoms with Crippen molar-refractivity contribution in [3.63, 3.8) is 0 Å². The minimum absolute atomic E-state index is 0.0195. The second-order valence-electron chi connectivity index (χ2n) is 4.40. The first kappa shape index (κ1) is 14.8. The van der Waals surface area contributed by atoms with E-state index in [0.717, 1.165) is 0 Å². The molecule has 2 rings (SSSR count). The van der Waals surface area contributed by atoms with Gasteiger partial charge >= 0.3 is 0 Å². The van der Waals surface area contributed by atoms with Crippen molar-refractivity contribution in [1.29, 1.82) is 0 Å². The van der Waals surface area contributed by atoms with E-state index in [4.69, 9.17) is 22.1 Å². The Balaban J connectivity index is 2.26. The van der Waals surface area contributed by atoms with Crippen LogP contribution in [-0.4, -0.2) is 7.11 Å². The van der Waals surface area contributed by atoms with Gasteiger partial charge in [-0.1, -0.05) is 23.7 Å². The molecule has 0 amide bonds. The molecule has 20 heavy (non-hydrogen) atoms. The zero-order chi connectivity index (χ0) is 14.7. The molecule has 0 aliphatic heterocycles. The number of halogens is 3. The van der Waals surface area contributed by atoms with Crippen molar-refractivity contribution in [3.05, 3.63) is 64.2 Å². The summed E-state index contributed by atoms with van der Waals surface area (Å²) in [5.41, 5.74) is 6.69. The maximum absolute atomic E-state index is 13.6. The van der Waals surface area contributed by atoms with Gasteiger partial charge in [0, 0.05) is 11.6 Å². The van der Waals surface area contributed by atoms with Gasteiger partial charge < -0.3 is 10.5 Å². The Hall–Kier alpha value is -1.65. The molecule has 0 fully saturated rings. The predicted molar refractivity (Wildman–Crippen MR) is 75.0 cm³/mol. The third kappa shape index (κ3) is 3.08. The summed E-state index contributed by atoms with van der Waals surface area (Å²) < 4.78 is 32.3. The minimum atomic E-state index is -0.596. The molecule has 0 aromatic heterocycles. The van der Waals surface area contributed by atoms with Crippen LogP contribution in [0.1, 0.15) is 17.2 Å². The predicted octanol–water partition coefficient (Wildman–Crippen LogP) is 3.87. The van der Waals surface area contributed by atoms with Gasteiger partial charge in [-0.3, -0.25) is 0 Å². The SMILES string of the molecule is COc1cc(C(N)Cc2c(F)cccc2F)ccc1Cl. The van der Waals surface area contributed by atoms with E-state index >= 15 is 0 Å². The quantitative estimate of drug-likeness (QED) is 0.930. The van der Waals surface area contributed by atoms with Gasteiger partial charge in [-0.05, 0) is 36.2 Å². The molecule has 0 bridgehead atoms. The Labute approximate surface area is 121 Å². The van der Waals surface area contributed by atoms with E-state index in [9.17, 15) is 8.78 Å². The van der Waals surface area contributed by atoms with E-state index in [-0.39, 0.29) is 12.0 Å². The van der Waals surface area contributed by atoms with E-state index in [1.165, 1.54) is 25.3 Å². The fourth-order valence-electron chi connectivity index (χ4n) is 1.97. The van der Waals surface area contributed by atoms with Crippen LogP contribution in [0.15, 0.2) is 36.4 Å². The molecule has 0 radical (unpaired) electrons. The first-order chi connectivity index (χ1) is 9.52. The summed E-state index contributed by atoms with van der Waals surface area (Å²) in [7, 11) is 1.49. The zero-order valence-electron chi connectivity index (χ0n) is 10.9. The van der Waals surface area contributed by atoms with Gasteiger partial charge in [0.1, 0.15) is 17.4 Å². The second-order valence-corrected chi connectivity index (χ2v) is 4.81. The number of rotatable bonds is 4. The van der Waals surface area contributed by atoms with Gasteiger partial charge in [-0.2, -0.15) is 0 Å². The third-order valence-corrected chi connectivity index (χ3v) is 3.40. The van der Waals surface area contributed by atoms with Crippen molar-refractivity contribution in [2.45, 2.75) is 12.5 Å². The largest absolute Gasteiger partial charge is 0.495 e. The topological polar surface area (TPSA) is 35.2 Å². The van der Waals surface area contributed by atoms with Gasteiger partial charge in [0.2, 0.25) is 0 Å². The second kappa shape index (κ2) is 6.20. The van der Waals surface area contributed by atoms with Gasteiger partial charge in [-0.15, -0.1) is 0 Å². The maximum Gasteiger partial charge on any atom is 0.137 e. The molecule has 2 aromatic carbocycles. The molecular formula is C15H14ClF2NO. The van der Waals surface area contributed by atoms with E-state index in [2.05, 4.69) is 0 Å². The molecule has 0 aliphatic carbocycles. The number of benzene rings is 2. The van der Waals surface area contributed by atoms with Gasteiger partial charge in [0.25, 0.3) is 0 Å². The molecule has 5 heteroatoms. The number of nitrogens with two attached hydrogens (primary N) is 1. The Morgan fingerprint density at radius 3 is 2.45 bits per heavy atom. The summed E-state index contributed by atoms with van der Waals surface area (Å²) in [6.45, 7) is 0. The fraction of sp³-hybridized carbons (Fsp3) is 0.200. The van der Waals surface area contributed by atoms with Crippen LogP contribution >= 0.6 is 11.6 Å². The third-order valence-electron chi connectivity index (χ3n) is 3.09. The monoisotopic (exact) mass is 297 g/mol. The van der Waals surface area contributed by atoms with Crippen molar-refractivity contribution in [2.24, 2.45) is 5.73 Å². The number of hydrogen-bond acceptors (Lipinski definition) is 2. The van der Waals surface area contributed by atoms with E-state index in [0.29, 0.717) is 16.3 Å². The van der Waals surface area contributed by atoms with Crippen molar-refractivity contribution < 1.29 is 13.5 Å². The van der Waals surface area contributed by atoms with Crippen LogP contribution in [0.4, 0.5) is 8.78 Å². The number of methoxy groups -OCH3 is 1. The van der Waals surface area contributed by atoms with Crippen LogP contribution in [0.5, 0.6) is 5.75 Å². The minimum Gasteiger partial charge on any atom is -0.495 e. The summed E-state index contributed by atoms with van der Waals surface area (Å²) in [6, 6.07) is 8.24. The molecule has 0 heterocycles. The molecule has 0 aliphatic rings. The first-order valence-electron chi connectivity index (χ1n) is 6.05. The van der Waals surface area contributed by atoms with Crippen molar-refractivity contribution in [1.82, 2.24) is 0 Å². The summed E-state index contributed by atoms with van der Waals surface area (Å²) in [5, 5.41) is 0.459. The molecule has 2 nitrogen and oxygen atoms in total. The Bertz CT molecular complexity index is 599. The fourth-order valence-corrected chi connectivity index (χ4v) is 2.17. The lowest BCUT2D eigenvalue weighted by Gasteiger charge is -2.15. The van der Waals surface area contributed by atoms with Gasteiger partial charge in [-0.25, -0.2) is 8.78 Å². The van der Waals surface area contributed by atoms with Crippen LogP contribution in [0.2, 0.25) is 5.02 Å². The summed E-state index contributed by atoms with van der Waals surface area (Å²) >= 11 is 5.93. The first-order valence-corrected chi connectivity index (χ1v) is 6.42. The molecule has 2 aromatic rings. The number of ether oxygens (including phenoxy) is 1. The van der Waals surface area contributed by atoms with Crippen LogP contribution in [-0.2, 0) is 6.42 Å². The molecule has 1 atom stereocenters. The zero-order valence-corrected chi connectivity index (χ0v) is 11.6. The molecule has 0 spiro atoms. The van der Waals surface area contributed by atoms with Crippen LogP contribution in [0.25, 0.3) is 0 Å². The number of hydrogen-bond donors (Lipinski definition) is 1. The molecule has 1 unspecified atom stereocenters. The van der Waals surface area contributed by atoms with E-state index in [1.54, 1.807) is 18.2 Å². The van der Waals surface area contributed by atoms with Gasteiger partial charge in [0.05, 0.1) is 12.1 Å². The van der Waals surface area contributed by atoms with Crippen LogP contribution in [0, 0.1) is 11.6 Å². The summed E-state index contributed by atoms with van der Waals surface area (Å²) in [4.78, 5) is 0. The van der Waals surface area contributed by atoms with Crippen molar-refractivity contribution in [2.75, 3.05) is 7.11 Å².